The summed E-state index contributed by atoms with van der Waals surface area (Å²) in [6.45, 7) is 14.4. The van der Waals surface area contributed by atoms with Gasteiger partial charge in [-0.3, -0.25) is 19.2 Å². The van der Waals surface area contributed by atoms with Gasteiger partial charge in [0, 0.05) is 25.4 Å². The van der Waals surface area contributed by atoms with Gasteiger partial charge in [0.15, 0.2) is 5.78 Å². The Morgan fingerprint density at radius 1 is 0.595 bits per heavy atom. The second kappa shape index (κ2) is 25.8. The van der Waals surface area contributed by atoms with E-state index in [1.54, 1.807) is 0 Å². The molecular weight excluding hydrogens is 548 g/mol. The van der Waals surface area contributed by atoms with E-state index in [0.717, 1.165) is 64.3 Å². The molecule has 42 heavy (non-hydrogen) atoms. The van der Waals surface area contributed by atoms with Crippen LogP contribution >= 0.6 is 11.8 Å². The van der Waals surface area contributed by atoms with E-state index < -0.39 is 12.1 Å². The van der Waals surface area contributed by atoms with Gasteiger partial charge in [0.25, 0.3) is 0 Å². The van der Waals surface area contributed by atoms with Crippen LogP contribution in [-0.2, 0) is 19.2 Å². The Hall–Kier alpha value is -1.61. The van der Waals surface area contributed by atoms with Crippen LogP contribution in [0.2, 0.25) is 0 Å². The van der Waals surface area contributed by atoms with Crippen molar-refractivity contribution >= 4 is 35.3 Å². The molecule has 0 aromatic heterocycles. The summed E-state index contributed by atoms with van der Waals surface area (Å²) in [4.78, 5) is 51.1. The summed E-state index contributed by atoms with van der Waals surface area (Å²) in [5.41, 5.74) is 0. The number of thioether (sulfide) groups is 1. The number of Topliss-reactive ketones (excluding diaryl/α,β-unsaturated/α-hetero) is 1. The molecule has 0 rings (SSSR count). The SMILES string of the molecule is CSCC(=O)C(CCCCNC(C)C)NC(=O)C(CCCCNC(=O)CCCCC(C)C)NC(=O)CCCCC(C)C. The highest BCUT2D eigenvalue weighted by molar-refractivity contribution is 7.99. The summed E-state index contributed by atoms with van der Waals surface area (Å²) in [6, 6.07) is -0.831. The summed E-state index contributed by atoms with van der Waals surface area (Å²) >= 11 is 1.46. The van der Waals surface area contributed by atoms with E-state index in [0.29, 0.717) is 62.3 Å². The lowest BCUT2D eigenvalue weighted by Gasteiger charge is -2.23. The van der Waals surface area contributed by atoms with Crippen molar-refractivity contribution in [2.45, 2.75) is 150 Å². The van der Waals surface area contributed by atoms with E-state index in [2.05, 4.69) is 62.8 Å². The van der Waals surface area contributed by atoms with Gasteiger partial charge in [0.05, 0.1) is 11.8 Å². The van der Waals surface area contributed by atoms with Crippen molar-refractivity contribution in [3.63, 3.8) is 0 Å². The van der Waals surface area contributed by atoms with Gasteiger partial charge < -0.3 is 21.3 Å². The van der Waals surface area contributed by atoms with Crippen molar-refractivity contribution in [2.75, 3.05) is 25.1 Å². The average molecular weight is 613 g/mol. The van der Waals surface area contributed by atoms with Gasteiger partial charge >= 0.3 is 0 Å². The van der Waals surface area contributed by atoms with Crippen molar-refractivity contribution in [1.82, 2.24) is 21.3 Å². The molecule has 9 heteroatoms. The summed E-state index contributed by atoms with van der Waals surface area (Å²) < 4.78 is 0. The molecule has 8 nitrogen and oxygen atoms in total. The maximum atomic E-state index is 13.4. The number of ketones is 1. The van der Waals surface area contributed by atoms with Crippen LogP contribution in [0.25, 0.3) is 0 Å². The molecule has 0 saturated heterocycles. The maximum Gasteiger partial charge on any atom is 0.243 e. The van der Waals surface area contributed by atoms with Crippen LogP contribution in [0.1, 0.15) is 131 Å². The number of carbonyl (C=O) groups is 4. The molecule has 0 aromatic rings. The summed E-state index contributed by atoms with van der Waals surface area (Å²) in [7, 11) is 0. The smallest absolute Gasteiger partial charge is 0.243 e. The molecule has 2 unspecified atom stereocenters. The standard InChI is InChI=1S/C33H64N4O4S/c1-25(2)16-8-10-20-31(39)35-23-15-13-19-29(36-32(40)21-11-9-17-26(3)4)33(41)37-28(30(38)24-42-7)18-12-14-22-34-27(5)6/h25-29,34H,8-24H2,1-7H3,(H,35,39)(H,36,40)(H,37,41). The molecule has 0 spiro atoms. The molecule has 0 radical (unpaired) electrons. The highest BCUT2D eigenvalue weighted by atomic mass is 32.2. The van der Waals surface area contributed by atoms with Crippen molar-refractivity contribution in [1.29, 1.82) is 0 Å². The van der Waals surface area contributed by atoms with Crippen molar-refractivity contribution in [2.24, 2.45) is 11.8 Å². The monoisotopic (exact) mass is 612 g/mol. The highest BCUT2D eigenvalue weighted by Gasteiger charge is 2.26. The largest absolute Gasteiger partial charge is 0.356 e. The van der Waals surface area contributed by atoms with Gasteiger partial charge in [0.2, 0.25) is 17.7 Å². The van der Waals surface area contributed by atoms with Crippen LogP contribution in [0, 0.1) is 11.8 Å². The predicted octanol–water partition coefficient (Wildman–Crippen LogP) is 5.78. The molecule has 2 atom stereocenters. The topological polar surface area (TPSA) is 116 Å². The van der Waals surface area contributed by atoms with Gasteiger partial charge in [-0.1, -0.05) is 67.2 Å². The number of amides is 3. The van der Waals surface area contributed by atoms with Crippen molar-refractivity contribution in [3.8, 4) is 0 Å². The van der Waals surface area contributed by atoms with Gasteiger partial charge in [-0.15, -0.1) is 0 Å². The average Bonchev–Trinajstić information content (AvgIpc) is 2.91. The molecule has 0 bridgehead atoms. The second-order valence-corrected chi connectivity index (χ2v) is 13.7. The van der Waals surface area contributed by atoms with Gasteiger partial charge in [0.1, 0.15) is 6.04 Å². The molecule has 0 aliphatic rings. The second-order valence-electron chi connectivity index (χ2n) is 12.8. The number of hydrogen-bond acceptors (Lipinski definition) is 6. The van der Waals surface area contributed by atoms with Crippen LogP contribution in [0.3, 0.4) is 0 Å². The fourth-order valence-corrected chi connectivity index (χ4v) is 5.18. The van der Waals surface area contributed by atoms with Crippen molar-refractivity contribution in [3.05, 3.63) is 0 Å². The van der Waals surface area contributed by atoms with E-state index in [1.807, 2.05) is 6.26 Å². The maximum absolute atomic E-state index is 13.4. The first-order valence-electron chi connectivity index (χ1n) is 16.6. The molecule has 0 fully saturated rings. The van der Waals surface area contributed by atoms with E-state index in [-0.39, 0.29) is 23.5 Å². The molecule has 4 N–H and O–H groups in total. The minimum atomic E-state index is -0.693. The highest BCUT2D eigenvalue weighted by Crippen LogP contribution is 2.11. The first-order valence-corrected chi connectivity index (χ1v) is 18.0. The lowest BCUT2D eigenvalue weighted by molar-refractivity contribution is -0.131. The van der Waals surface area contributed by atoms with Gasteiger partial charge in [-0.25, -0.2) is 0 Å². The first kappa shape index (κ1) is 40.4. The Balaban J connectivity index is 4.99. The molecule has 3 amide bonds. The molecule has 0 aliphatic carbocycles. The zero-order valence-electron chi connectivity index (χ0n) is 27.9. The van der Waals surface area contributed by atoms with Gasteiger partial charge in [-0.05, 0) is 76.0 Å². The minimum Gasteiger partial charge on any atom is -0.356 e. The lowest BCUT2D eigenvalue weighted by Crippen LogP contribution is -2.52. The third kappa shape index (κ3) is 23.9. The first-order chi connectivity index (χ1) is 20.0. The Bertz CT molecular complexity index is 746. The number of hydrogen-bond donors (Lipinski definition) is 4. The zero-order valence-corrected chi connectivity index (χ0v) is 28.8. The fraction of sp³-hybridized carbons (Fsp3) is 0.879. The molecule has 0 aromatic carbocycles. The summed E-state index contributed by atoms with van der Waals surface area (Å²) in [6.07, 6.45) is 13.0. The predicted molar refractivity (Wildman–Crippen MR) is 178 cm³/mol. The number of rotatable bonds is 27. The Kier molecular flexibility index (Phi) is 24.9. The van der Waals surface area contributed by atoms with Crippen LogP contribution < -0.4 is 21.3 Å². The number of carbonyl (C=O) groups excluding carboxylic acids is 4. The third-order valence-corrected chi connectivity index (χ3v) is 7.80. The third-order valence-electron chi connectivity index (χ3n) is 7.23. The van der Waals surface area contributed by atoms with Crippen LogP contribution in [-0.4, -0.2) is 66.7 Å². The fourth-order valence-electron chi connectivity index (χ4n) is 4.69. The van der Waals surface area contributed by atoms with Crippen LogP contribution in [0.4, 0.5) is 0 Å². The van der Waals surface area contributed by atoms with Crippen LogP contribution in [0.15, 0.2) is 0 Å². The molecule has 246 valence electrons. The van der Waals surface area contributed by atoms with E-state index >= 15 is 0 Å². The van der Waals surface area contributed by atoms with E-state index in [1.165, 1.54) is 11.8 Å². The normalized spacial score (nSPS) is 12.9. The number of unbranched alkanes of at least 4 members (excludes halogenated alkanes) is 4. The number of nitrogens with one attached hydrogen (secondary N) is 4. The lowest BCUT2D eigenvalue weighted by atomic mass is 10.0. The van der Waals surface area contributed by atoms with Crippen LogP contribution in [0.5, 0.6) is 0 Å². The Morgan fingerprint density at radius 3 is 1.67 bits per heavy atom. The molecule has 0 aliphatic heterocycles. The van der Waals surface area contributed by atoms with Crippen molar-refractivity contribution < 1.29 is 19.2 Å². The zero-order chi connectivity index (χ0) is 31.8. The van der Waals surface area contributed by atoms with E-state index in [9.17, 15) is 19.2 Å². The molecule has 0 heterocycles. The quantitative estimate of drug-likeness (QED) is 0.0875. The van der Waals surface area contributed by atoms with Gasteiger partial charge in [-0.2, -0.15) is 11.8 Å². The summed E-state index contributed by atoms with van der Waals surface area (Å²) in [5, 5.41) is 12.3. The summed E-state index contributed by atoms with van der Waals surface area (Å²) in [5.74, 6) is 1.27. The minimum absolute atomic E-state index is 0.0162. The van der Waals surface area contributed by atoms with E-state index in [4.69, 9.17) is 0 Å². The molecular formula is C33H64N4O4S. The molecule has 0 saturated carbocycles. The Labute approximate surface area is 261 Å². The Morgan fingerprint density at radius 2 is 1.12 bits per heavy atom.